The first-order valence-electron chi connectivity index (χ1n) is 7.90. The highest BCUT2D eigenvalue weighted by Crippen LogP contribution is 2.35. The van der Waals surface area contributed by atoms with Crippen LogP contribution >= 0.6 is 0 Å². The topological polar surface area (TPSA) is 47.8 Å². The summed E-state index contributed by atoms with van der Waals surface area (Å²) in [6, 6.07) is 4.31. The van der Waals surface area contributed by atoms with Gasteiger partial charge in [-0.3, -0.25) is 14.5 Å². The molecule has 7 heteroatoms. The molecule has 2 aromatic rings. The van der Waals surface area contributed by atoms with Crippen LogP contribution in [0.4, 0.5) is 13.2 Å². The minimum absolute atomic E-state index is 0.104. The molecule has 0 radical (unpaired) electrons. The number of ketones is 1. The minimum atomic E-state index is -4.45. The Morgan fingerprint density at radius 3 is 2.54 bits per heavy atom. The van der Waals surface area contributed by atoms with Gasteiger partial charge in [-0.15, -0.1) is 0 Å². The monoisotopic (exact) mass is 337 g/mol. The predicted molar refractivity (Wildman–Crippen MR) is 82.4 cm³/mol. The van der Waals surface area contributed by atoms with E-state index in [-0.39, 0.29) is 17.7 Å². The van der Waals surface area contributed by atoms with Gasteiger partial charge in [0.1, 0.15) is 11.5 Å². The van der Waals surface area contributed by atoms with Crippen molar-refractivity contribution in [2.75, 3.05) is 0 Å². The van der Waals surface area contributed by atoms with Crippen LogP contribution in [0.3, 0.4) is 0 Å². The van der Waals surface area contributed by atoms with Crippen molar-refractivity contribution in [1.82, 2.24) is 14.8 Å². The Hall–Kier alpha value is -2.18. The van der Waals surface area contributed by atoms with Crippen LogP contribution in [0.2, 0.25) is 0 Å². The molecular weight excluding hydrogens is 319 g/mol. The summed E-state index contributed by atoms with van der Waals surface area (Å²) >= 11 is 0. The number of hydrogen-bond acceptors (Lipinski definition) is 3. The van der Waals surface area contributed by atoms with Gasteiger partial charge in [0.25, 0.3) is 0 Å². The van der Waals surface area contributed by atoms with E-state index in [1.807, 2.05) is 24.6 Å². The molecule has 0 bridgehead atoms. The van der Waals surface area contributed by atoms with Gasteiger partial charge in [0.15, 0.2) is 0 Å². The molecule has 0 aliphatic heterocycles. The molecule has 4 nitrogen and oxygen atoms in total. The highest BCUT2D eigenvalue weighted by molar-refractivity contribution is 5.81. The molecular formula is C17H18F3N3O. The number of aromatic nitrogens is 3. The third-order valence-electron chi connectivity index (χ3n) is 4.27. The van der Waals surface area contributed by atoms with E-state index < -0.39 is 11.9 Å². The van der Waals surface area contributed by atoms with Crippen molar-refractivity contribution in [1.29, 1.82) is 0 Å². The number of alkyl halides is 3. The predicted octanol–water partition coefficient (Wildman–Crippen LogP) is 4.38. The summed E-state index contributed by atoms with van der Waals surface area (Å²) in [5.41, 5.74) is 1.16. The number of carbonyl (C=O) groups is 1. The first-order valence-corrected chi connectivity index (χ1v) is 7.90. The van der Waals surface area contributed by atoms with E-state index in [9.17, 15) is 18.0 Å². The van der Waals surface area contributed by atoms with Gasteiger partial charge in [-0.1, -0.05) is 0 Å². The molecule has 0 amide bonds. The molecule has 0 spiro atoms. The zero-order valence-corrected chi connectivity index (χ0v) is 13.5. The van der Waals surface area contributed by atoms with Gasteiger partial charge >= 0.3 is 6.18 Å². The van der Waals surface area contributed by atoms with Crippen LogP contribution in [0.25, 0.3) is 11.3 Å². The average Bonchev–Trinajstić information content (AvgIpc) is 3.12. The molecule has 1 saturated carbocycles. The summed E-state index contributed by atoms with van der Waals surface area (Å²) in [5, 5.41) is 4.53. The Morgan fingerprint density at radius 2 is 2.04 bits per heavy atom. The van der Waals surface area contributed by atoms with Crippen LogP contribution in [0, 0.1) is 0 Å². The third-order valence-corrected chi connectivity index (χ3v) is 4.27. The highest BCUT2D eigenvalue weighted by atomic mass is 19.4. The highest BCUT2D eigenvalue weighted by Gasteiger charge is 2.32. The minimum Gasteiger partial charge on any atom is -0.300 e. The molecule has 128 valence electrons. The second-order valence-corrected chi connectivity index (χ2v) is 6.40. The first kappa shape index (κ1) is 16.7. The number of Topliss-reactive ketones (excluding diaryl/α,β-unsaturated/α-hetero) is 1. The zero-order chi connectivity index (χ0) is 17.5. The molecule has 0 saturated heterocycles. The molecule has 0 unspecified atom stereocenters. The average molecular weight is 337 g/mol. The van der Waals surface area contributed by atoms with E-state index in [0.717, 1.165) is 18.2 Å². The Morgan fingerprint density at radius 1 is 1.29 bits per heavy atom. The normalized spacial score (nSPS) is 18.6. The summed E-state index contributed by atoms with van der Waals surface area (Å²) < 4.78 is 39.7. The van der Waals surface area contributed by atoms with Gasteiger partial charge in [-0.2, -0.15) is 18.3 Å². The molecule has 3 rings (SSSR count). The Labute approximate surface area is 137 Å². The fraction of sp³-hybridized carbons (Fsp3) is 0.471. The fourth-order valence-electron chi connectivity index (χ4n) is 3.05. The van der Waals surface area contributed by atoms with Crippen molar-refractivity contribution in [2.24, 2.45) is 0 Å². The molecule has 2 heterocycles. The summed E-state index contributed by atoms with van der Waals surface area (Å²) in [6.07, 6.45) is -1.39. The SMILES string of the molecule is CC(C)n1nc(-c2ccc(C(F)(F)F)nc2)cc1[C@H]1CCC(=O)C1. The van der Waals surface area contributed by atoms with Crippen LogP contribution in [-0.2, 0) is 11.0 Å². The van der Waals surface area contributed by atoms with Crippen molar-refractivity contribution < 1.29 is 18.0 Å². The zero-order valence-electron chi connectivity index (χ0n) is 13.5. The number of halogens is 3. The second kappa shape index (κ2) is 6.03. The second-order valence-electron chi connectivity index (χ2n) is 6.40. The van der Waals surface area contributed by atoms with E-state index in [1.165, 1.54) is 12.3 Å². The molecule has 2 aromatic heterocycles. The van der Waals surface area contributed by atoms with Gasteiger partial charge in [0, 0.05) is 42.3 Å². The van der Waals surface area contributed by atoms with E-state index in [2.05, 4.69) is 10.1 Å². The third kappa shape index (κ3) is 3.20. The van der Waals surface area contributed by atoms with Gasteiger partial charge in [-0.25, -0.2) is 0 Å². The lowest BCUT2D eigenvalue weighted by Gasteiger charge is -2.14. The van der Waals surface area contributed by atoms with Crippen molar-refractivity contribution in [3.05, 3.63) is 35.8 Å². The van der Waals surface area contributed by atoms with Crippen molar-refractivity contribution in [2.45, 2.75) is 51.2 Å². The van der Waals surface area contributed by atoms with Crippen LogP contribution in [0.1, 0.15) is 56.5 Å². The Bertz CT molecular complexity index is 747. The lowest BCUT2D eigenvalue weighted by Crippen LogP contribution is -2.10. The maximum atomic E-state index is 12.6. The van der Waals surface area contributed by atoms with E-state index in [1.54, 1.807) is 0 Å². The van der Waals surface area contributed by atoms with Crippen molar-refractivity contribution in [3.63, 3.8) is 0 Å². The molecule has 1 aliphatic carbocycles. The maximum absolute atomic E-state index is 12.6. The molecule has 24 heavy (non-hydrogen) atoms. The number of pyridine rings is 1. The van der Waals surface area contributed by atoms with Crippen molar-refractivity contribution >= 4 is 5.78 Å². The number of hydrogen-bond donors (Lipinski definition) is 0. The molecule has 0 N–H and O–H groups in total. The van der Waals surface area contributed by atoms with Crippen LogP contribution in [0.15, 0.2) is 24.4 Å². The van der Waals surface area contributed by atoms with Crippen molar-refractivity contribution in [3.8, 4) is 11.3 Å². The number of nitrogens with zero attached hydrogens (tertiary/aromatic N) is 3. The molecule has 0 aromatic carbocycles. The van der Waals surface area contributed by atoms with E-state index >= 15 is 0 Å². The van der Waals surface area contributed by atoms with Gasteiger partial charge in [0.2, 0.25) is 0 Å². The number of carbonyl (C=O) groups excluding carboxylic acids is 1. The van der Waals surface area contributed by atoms with E-state index in [4.69, 9.17) is 0 Å². The summed E-state index contributed by atoms with van der Waals surface area (Å²) in [5.74, 6) is 0.373. The first-order chi connectivity index (χ1) is 11.3. The molecule has 1 fully saturated rings. The lowest BCUT2D eigenvalue weighted by atomic mass is 10.0. The quantitative estimate of drug-likeness (QED) is 0.835. The summed E-state index contributed by atoms with van der Waals surface area (Å²) in [7, 11) is 0. The maximum Gasteiger partial charge on any atom is 0.433 e. The van der Waals surface area contributed by atoms with Gasteiger partial charge in [0.05, 0.1) is 5.69 Å². The fourth-order valence-corrected chi connectivity index (χ4v) is 3.05. The lowest BCUT2D eigenvalue weighted by molar-refractivity contribution is -0.141. The molecule has 1 aliphatic rings. The Kier molecular flexibility index (Phi) is 4.19. The van der Waals surface area contributed by atoms with Crippen LogP contribution < -0.4 is 0 Å². The standard InChI is InChI=1S/C17H18F3N3O/c1-10(2)23-15(11-3-5-13(24)7-11)8-14(22-23)12-4-6-16(21-9-12)17(18,19)20/h4,6,8-11H,3,5,7H2,1-2H3/t11-/m0/s1. The number of rotatable bonds is 3. The van der Waals surface area contributed by atoms with Gasteiger partial charge < -0.3 is 0 Å². The smallest absolute Gasteiger partial charge is 0.300 e. The summed E-state index contributed by atoms with van der Waals surface area (Å²) in [6.45, 7) is 3.98. The van der Waals surface area contributed by atoms with E-state index in [0.29, 0.717) is 24.1 Å². The Balaban J connectivity index is 1.95. The van der Waals surface area contributed by atoms with Crippen LogP contribution in [-0.4, -0.2) is 20.5 Å². The largest absolute Gasteiger partial charge is 0.433 e. The van der Waals surface area contributed by atoms with Crippen LogP contribution in [0.5, 0.6) is 0 Å². The van der Waals surface area contributed by atoms with Gasteiger partial charge in [-0.05, 0) is 38.5 Å². The molecule has 1 atom stereocenters. The summed E-state index contributed by atoms with van der Waals surface area (Å²) in [4.78, 5) is 15.1.